The van der Waals surface area contributed by atoms with E-state index in [-0.39, 0.29) is 0 Å². The van der Waals surface area contributed by atoms with Gasteiger partial charge in [0.05, 0.1) is 20.1 Å². The van der Waals surface area contributed by atoms with E-state index < -0.39 is 0 Å². The van der Waals surface area contributed by atoms with Crippen molar-refractivity contribution >= 4 is 63.5 Å². The van der Waals surface area contributed by atoms with E-state index in [2.05, 4.69) is 0 Å². The van der Waals surface area contributed by atoms with Crippen molar-refractivity contribution in [2.45, 2.75) is 12.8 Å². The molecule has 0 atom stereocenters. The van der Waals surface area contributed by atoms with Crippen LogP contribution >= 0.6 is 58.6 Å². The summed E-state index contributed by atoms with van der Waals surface area (Å²) in [5.41, 5.74) is 2.09. The average Bonchev–Trinajstić information content (AvgIpc) is 2.38. The van der Waals surface area contributed by atoms with E-state index in [1.807, 2.05) is 24.3 Å². The van der Waals surface area contributed by atoms with Gasteiger partial charge in [0.15, 0.2) is 0 Å². The lowest BCUT2D eigenvalue weighted by Crippen LogP contribution is -2.04. The van der Waals surface area contributed by atoms with Crippen molar-refractivity contribution in [3.05, 3.63) is 67.6 Å². The highest BCUT2D eigenvalue weighted by Gasteiger charge is 2.06. The van der Waals surface area contributed by atoms with Crippen LogP contribution in [-0.2, 0) is 12.8 Å². The first-order valence-electron chi connectivity index (χ1n) is 5.85. The van der Waals surface area contributed by atoms with Gasteiger partial charge in [-0.25, -0.2) is 0 Å². The minimum atomic E-state index is 0.543. The molecular formula is C15H10Cl4S. The molecule has 0 aromatic heterocycles. The predicted octanol–water partition coefficient (Wildman–Crippen LogP) is 6.46. The van der Waals surface area contributed by atoms with Gasteiger partial charge >= 0.3 is 0 Å². The largest absolute Gasteiger partial charge is 0.0890 e. The van der Waals surface area contributed by atoms with E-state index in [1.54, 1.807) is 12.1 Å². The molecule has 2 aromatic carbocycles. The lowest BCUT2D eigenvalue weighted by molar-refractivity contribution is 1.25. The van der Waals surface area contributed by atoms with Gasteiger partial charge in [0.1, 0.15) is 0 Å². The van der Waals surface area contributed by atoms with Gasteiger partial charge in [-0.3, -0.25) is 0 Å². The minimum Gasteiger partial charge on any atom is -0.0890 e. The maximum absolute atomic E-state index is 5.99. The summed E-state index contributed by atoms with van der Waals surface area (Å²) in [5.74, 6) is 0. The zero-order valence-corrected chi connectivity index (χ0v) is 14.1. The monoisotopic (exact) mass is 362 g/mol. The first kappa shape index (κ1) is 16.1. The molecule has 0 saturated carbocycles. The Labute approximate surface area is 143 Å². The SMILES string of the molecule is S=C(Cc1ccc(Cl)c(Cl)c1)Cc1ccc(Cl)c(Cl)c1. The molecule has 0 nitrogen and oxygen atoms in total. The van der Waals surface area contributed by atoms with Gasteiger partial charge in [0, 0.05) is 17.7 Å². The maximum atomic E-state index is 5.99. The van der Waals surface area contributed by atoms with Crippen LogP contribution in [0.4, 0.5) is 0 Å². The second-order valence-corrected chi connectivity index (χ2v) is 6.60. The highest BCUT2D eigenvalue weighted by molar-refractivity contribution is 7.80. The smallest absolute Gasteiger partial charge is 0.0595 e. The summed E-state index contributed by atoms with van der Waals surface area (Å²) in [6.07, 6.45) is 1.35. The number of hydrogen-bond donors (Lipinski definition) is 0. The minimum absolute atomic E-state index is 0.543. The van der Waals surface area contributed by atoms with Crippen molar-refractivity contribution in [2.75, 3.05) is 0 Å². The summed E-state index contributed by atoms with van der Waals surface area (Å²) in [5, 5.41) is 2.18. The van der Waals surface area contributed by atoms with Crippen LogP contribution in [0.3, 0.4) is 0 Å². The van der Waals surface area contributed by atoms with Crippen LogP contribution in [-0.4, -0.2) is 4.86 Å². The Hall–Kier alpha value is -0.310. The number of rotatable bonds is 4. The lowest BCUT2D eigenvalue weighted by atomic mass is 10.0. The quantitative estimate of drug-likeness (QED) is 0.562. The summed E-state index contributed by atoms with van der Waals surface area (Å²) < 4.78 is 0. The Bertz CT molecular complexity index is 597. The molecule has 2 rings (SSSR count). The molecule has 2 aromatic rings. The molecule has 20 heavy (non-hydrogen) atoms. The van der Waals surface area contributed by atoms with Crippen molar-refractivity contribution in [3.63, 3.8) is 0 Å². The van der Waals surface area contributed by atoms with E-state index in [1.165, 1.54) is 0 Å². The van der Waals surface area contributed by atoms with Crippen molar-refractivity contribution in [3.8, 4) is 0 Å². The Morgan fingerprint density at radius 2 is 1.10 bits per heavy atom. The van der Waals surface area contributed by atoms with Crippen LogP contribution in [0, 0.1) is 0 Å². The predicted molar refractivity (Wildman–Crippen MR) is 92.9 cm³/mol. The summed E-state index contributed by atoms with van der Waals surface area (Å²) in [6.45, 7) is 0. The molecule has 0 fully saturated rings. The fraction of sp³-hybridized carbons (Fsp3) is 0.133. The normalized spacial score (nSPS) is 10.6. The molecule has 0 aliphatic rings. The first-order chi connectivity index (χ1) is 9.45. The third kappa shape index (κ3) is 4.34. The van der Waals surface area contributed by atoms with Crippen LogP contribution in [0.1, 0.15) is 11.1 Å². The maximum Gasteiger partial charge on any atom is 0.0595 e. The first-order valence-corrected chi connectivity index (χ1v) is 7.77. The van der Waals surface area contributed by atoms with Crippen molar-refractivity contribution in [1.82, 2.24) is 0 Å². The van der Waals surface area contributed by atoms with Crippen LogP contribution in [0.15, 0.2) is 36.4 Å². The summed E-state index contributed by atoms with van der Waals surface area (Å²) in [6, 6.07) is 11.1. The number of thiocarbonyl (C=S) groups is 1. The average molecular weight is 364 g/mol. The van der Waals surface area contributed by atoms with Gasteiger partial charge in [0.2, 0.25) is 0 Å². The second-order valence-electron chi connectivity index (χ2n) is 4.39. The molecular weight excluding hydrogens is 354 g/mol. The molecule has 0 bridgehead atoms. The molecule has 104 valence electrons. The van der Waals surface area contributed by atoms with E-state index in [0.29, 0.717) is 32.9 Å². The van der Waals surface area contributed by atoms with Gasteiger partial charge in [-0.1, -0.05) is 70.8 Å². The highest BCUT2D eigenvalue weighted by atomic mass is 35.5. The number of halogens is 4. The zero-order valence-electron chi connectivity index (χ0n) is 10.3. The van der Waals surface area contributed by atoms with Gasteiger partial charge < -0.3 is 0 Å². The third-order valence-corrected chi connectivity index (χ3v) is 4.54. The molecule has 0 aliphatic heterocycles. The summed E-state index contributed by atoms with van der Waals surface area (Å²) in [7, 11) is 0. The van der Waals surface area contributed by atoms with Crippen molar-refractivity contribution in [1.29, 1.82) is 0 Å². The molecule has 0 saturated heterocycles. The molecule has 0 radical (unpaired) electrons. The van der Waals surface area contributed by atoms with Crippen LogP contribution in [0.25, 0.3) is 0 Å². The van der Waals surface area contributed by atoms with Crippen LogP contribution < -0.4 is 0 Å². The van der Waals surface area contributed by atoms with Crippen LogP contribution in [0.5, 0.6) is 0 Å². The lowest BCUT2D eigenvalue weighted by Gasteiger charge is -2.07. The van der Waals surface area contributed by atoms with E-state index in [4.69, 9.17) is 58.6 Å². The summed E-state index contributed by atoms with van der Waals surface area (Å²) >= 11 is 29.2. The van der Waals surface area contributed by atoms with Gasteiger partial charge in [-0.05, 0) is 35.4 Å². The molecule has 0 aliphatic carbocycles. The van der Waals surface area contributed by atoms with Crippen LogP contribution in [0.2, 0.25) is 20.1 Å². The van der Waals surface area contributed by atoms with E-state index >= 15 is 0 Å². The topological polar surface area (TPSA) is 0 Å². The van der Waals surface area contributed by atoms with E-state index in [9.17, 15) is 0 Å². The number of hydrogen-bond acceptors (Lipinski definition) is 1. The molecule has 0 unspecified atom stereocenters. The third-order valence-electron chi connectivity index (χ3n) is 2.77. The number of benzene rings is 2. The fourth-order valence-corrected chi connectivity index (χ4v) is 2.79. The van der Waals surface area contributed by atoms with Gasteiger partial charge in [-0.15, -0.1) is 0 Å². The molecule has 0 heterocycles. The summed E-state index contributed by atoms with van der Waals surface area (Å²) in [4.78, 5) is 0.904. The Balaban J connectivity index is 2.04. The highest BCUT2D eigenvalue weighted by Crippen LogP contribution is 2.25. The Kier molecular flexibility index (Phi) is 5.71. The molecule has 0 spiro atoms. The molecule has 0 N–H and O–H groups in total. The Morgan fingerprint density at radius 3 is 1.45 bits per heavy atom. The standard InChI is InChI=1S/C15H10Cl4S/c16-12-3-1-9(7-14(12)18)5-11(20)6-10-2-4-13(17)15(19)8-10/h1-4,7-8H,5-6H2. The molecule has 5 heteroatoms. The van der Waals surface area contributed by atoms with Crippen molar-refractivity contribution in [2.24, 2.45) is 0 Å². The second kappa shape index (κ2) is 7.11. The molecule has 0 amide bonds. The fourth-order valence-electron chi connectivity index (χ4n) is 1.82. The van der Waals surface area contributed by atoms with E-state index in [0.717, 1.165) is 16.0 Å². The van der Waals surface area contributed by atoms with Gasteiger partial charge in [-0.2, -0.15) is 0 Å². The van der Waals surface area contributed by atoms with Crippen molar-refractivity contribution < 1.29 is 0 Å². The van der Waals surface area contributed by atoms with Gasteiger partial charge in [0.25, 0.3) is 0 Å². The Morgan fingerprint density at radius 1 is 0.700 bits per heavy atom. The zero-order chi connectivity index (χ0) is 14.7.